The molecule has 1 saturated heterocycles. The van der Waals surface area contributed by atoms with Crippen LogP contribution in [0.3, 0.4) is 0 Å². The van der Waals surface area contributed by atoms with Gasteiger partial charge in [-0.3, -0.25) is 9.59 Å². The Kier molecular flexibility index (Phi) is 8.53. The van der Waals surface area contributed by atoms with Gasteiger partial charge >= 0.3 is 0 Å². The number of halogens is 2. The number of hydrogen-bond acceptors (Lipinski definition) is 7. The second-order valence-electron chi connectivity index (χ2n) is 10.6. The third-order valence-corrected chi connectivity index (χ3v) is 8.82. The van der Waals surface area contributed by atoms with Crippen molar-refractivity contribution in [3.05, 3.63) is 111 Å². The first kappa shape index (κ1) is 28.4. The quantitative estimate of drug-likeness (QED) is 0.198. The van der Waals surface area contributed by atoms with Crippen molar-refractivity contribution in [1.29, 1.82) is 0 Å². The highest BCUT2D eigenvalue weighted by atomic mass is 35.5. The topological polar surface area (TPSA) is 84.2 Å². The van der Waals surface area contributed by atoms with Crippen LogP contribution in [0.1, 0.15) is 41.3 Å². The van der Waals surface area contributed by atoms with Crippen molar-refractivity contribution in [2.75, 3.05) is 31.1 Å². The number of hydrogen-bond donors (Lipinski definition) is 0. The number of rotatable bonds is 9. The van der Waals surface area contributed by atoms with E-state index in [-0.39, 0.29) is 23.8 Å². The molecular weight excluding hydrogens is 575 g/mol. The number of nitrogens with zero attached hydrogens (tertiary/aromatic N) is 6. The van der Waals surface area contributed by atoms with Crippen molar-refractivity contribution in [3.63, 3.8) is 0 Å². The summed E-state index contributed by atoms with van der Waals surface area (Å²) in [4.78, 5) is 44.0. The van der Waals surface area contributed by atoms with Crippen LogP contribution in [-0.2, 0) is 23.5 Å². The fraction of sp³-hybridized carbons (Fsp3) is 0.323. The largest absolute Gasteiger partial charge is 0.368 e. The van der Waals surface area contributed by atoms with Gasteiger partial charge in [0.25, 0.3) is 5.56 Å². The molecule has 0 bridgehead atoms. The maximum absolute atomic E-state index is 13.5. The first-order valence-electron chi connectivity index (χ1n) is 14.0. The van der Waals surface area contributed by atoms with Crippen molar-refractivity contribution >= 4 is 35.0 Å². The highest BCUT2D eigenvalue weighted by Crippen LogP contribution is 2.37. The van der Waals surface area contributed by atoms with Crippen LogP contribution in [0.25, 0.3) is 0 Å². The Morgan fingerprint density at radius 2 is 1.64 bits per heavy atom. The molecule has 8 nitrogen and oxygen atoms in total. The average molecular weight is 605 g/mol. The number of piperazine rings is 1. The van der Waals surface area contributed by atoms with Gasteiger partial charge < -0.3 is 14.4 Å². The molecular formula is C31H30ClFN6O2S. The van der Waals surface area contributed by atoms with Crippen LogP contribution >= 0.6 is 23.4 Å². The van der Waals surface area contributed by atoms with Crippen LogP contribution in [0.2, 0.25) is 5.02 Å². The number of carbonyl (C=O) groups is 1. The van der Waals surface area contributed by atoms with Gasteiger partial charge in [0.1, 0.15) is 18.2 Å². The highest BCUT2D eigenvalue weighted by molar-refractivity contribution is 7.98. The number of thioether (sulfide) groups is 1. The van der Waals surface area contributed by atoms with Crippen LogP contribution < -0.4 is 10.5 Å². The molecule has 1 amide bonds. The minimum atomic E-state index is -0.344. The van der Waals surface area contributed by atoms with Gasteiger partial charge in [-0.25, -0.2) is 14.4 Å². The van der Waals surface area contributed by atoms with Crippen LogP contribution in [0.15, 0.2) is 77.1 Å². The molecule has 2 aromatic carbocycles. The van der Waals surface area contributed by atoms with Gasteiger partial charge in [0, 0.05) is 79.1 Å². The summed E-state index contributed by atoms with van der Waals surface area (Å²) in [5.41, 5.74) is 2.92. The maximum atomic E-state index is 13.5. The maximum Gasteiger partial charge on any atom is 0.277 e. The predicted octanol–water partition coefficient (Wildman–Crippen LogP) is 4.94. The Labute approximate surface area is 252 Å². The number of carbonyl (C=O) groups excluding carboxylic acids is 1. The van der Waals surface area contributed by atoms with E-state index in [1.165, 1.54) is 23.9 Å². The molecule has 11 heteroatoms. The summed E-state index contributed by atoms with van der Waals surface area (Å²) >= 11 is 7.38. The zero-order valence-electron chi connectivity index (χ0n) is 23.0. The molecule has 2 aromatic heterocycles. The van der Waals surface area contributed by atoms with E-state index in [9.17, 15) is 14.0 Å². The molecule has 1 saturated carbocycles. The van der Waals surface area contributed by atoms with Gasteiger partial charge in [-0.2, -0.15) is 4.98 Å². The highest BCUT2D eigenvalue weighted by Gasteiger charge is 2.26. The average Bonchev–Trinajstić information content (AvgIpc) is 3.85. The molecule has 1 aliphatic heterocycles. The normalized spacial score (nSPS) is 15.2. The van der Waals surface area contributed by atoms with Gasteiger partial charge in [-0.15, -0.1) is 0 Å². The first-order chi connectivity index (χ1) is 20.4. The Bertz CT molecular complexity index is 1600. The Hall–Kier alpha value is -3.76. The van der Waals surface area contributed by atoms with Crippen LogP contribution in [0, 0.1) is 5.82 Å². The lowest BCUT2D eigenvalue weighted by molar-refractivity contribution is -0.132. The second-order valence-corrected chi connectivity index (χ2v) is 12.0. The lowest BCUT2D eigenvalue weighted by Gasteiger charge is -2.36. The van der Waals surface area contributed by atoms with Crippen molar-refractivity contribution in [2.45, 2.75) is 42.6 Å². The van der Waals surface area contributed by atoms with Crippen molar-refractivity contribution in [2.24, 2.45) is 0 Å². The van der Waals surface area contributed by atoms with Crippen LogP contribution in [0.4, 0.5) is 10.1 Å². The third kappa shape index (κ3) is 6.99. The third-order valence-electron chi connectivity index (χ3n) is 7.50. The minimum Gasteiger partial charge on any atom is -0.368 e. The zero-order chi connectivity index (χ0) is 29.1. The first-order valence-corrected chi connectivity index (χ1v) is 15.3. The lowest BCUT2D eigenvalue weighted by atomic mass is 10.1. The smallest absolute Gasteiger partial charge is 0.277 e. The van der Waals surface area contributed by atoms with E-state index in [1.807, 2.05) is 29.2 Å². The van der Waals surface area contributed by atoms with E-state index in [0.29, 0.717) is 60.0 Å². The number of anilines is 1. The number of benzene rings is 2. The van der Waals surface area contributed by atoms with Crippen molar-refractivity contribution in [1.82, 2.24) is 24.4 Å². The van der Waals surface area contributed by atoms with Gasteiger partial charge in [0.05, 0.1) is 0 Å². The fourth-order valence-corrected chi connectivity index (χ4v) is 5.98. The number of aromatic nitrogens is 4. The molecule has 2 fully saturated rings. The molecule has 0 atom stereocenters. The number of amides is 1. The standard InChI is InChI=1S/C31H30ClFN6O2S/c32-25-5-9-27(10-6-25)37-11-13-38(14-12-37)28(40)19-39-18-24(15-22-16-34-29(35-17-22)23-3-4-23)30(41)36-31(39)42-20-21-1-7-26(33)8-2-21/h1-2,5-10,16-18,23H,3-4,11-15,19-20H2. The Balaban J connectivity index is 1.18. The summed E-state index contributed by atoms with van der Waals surface area (Å²) in [6.45, 7) is 2.66. The van der Waals surface area contributed by atoms with Gasteiger partial charge in [-0.1, -0.05) is 35.5 Å². The van der Waals surface area contributed by atoms with Gasteiger partial charge in [0.2, 0.25) is 5.91 Å². The van der Waals surface area contributed by atoms with E-state index in [1.54, 1.807) is 35.3 Å². The van der Waals surface area contributed by atoms with Crippen molar-refractivity contribution < 1.29 is 9.18 Å². The molecule has 42 heavy (non-hydrogen) atoms. The van der Waals surface area contributed by atoms with Gasteiger partial charge in [0.15, 0.2) is 5.16 Å². The summed E-state index contributed by atoms with van der Waals surface area (Å²) in [5, 5.41) is 1.14. The van der Waals surface area contributed by atoms with E-state index >= 15 is 0 Å². The molecule has 2 aliphatic rings. The molecule has 1 aliphatic carbocycles. The molecule has 216 valence electrons. The Morgan fingerprint density at radius 1 is 0.952 bits per heavy atom. The van der Waals surface area contributed by atoms with Crippen LogP contribution in [-0.4, -0.2) is 56.5 Å². The summed E-state index contributed by atoms with van der Waals surface area (Å²) < 4.78 is 15.1. The van der Waals surface area contributed by atoms with Crippen LogP contribution in [0.5, 0.6) is 0 Å². The fourth-order valence-electron chi connectivity index (χ4n) is 4.94. The molecule has 0 unspecified atom stereocenters. The van der Waals surface area contributed by atoms with E-state index in [4.69, 9.17) is 11.6 Å². The monoisotopic (exact) mass is 604 g/mol. The summed E-state index contributed by atoms with van der Waals surface area (Å²) in [6, 6.07) is 13.9. The van der Waals surface area contributed by atoms with Crippen molar-refractivity contribution in [3.8, 4) is 0 Å². The second kappa shape index (κ2) is 12.6. The SMILES string of the molecule is O=C(Cn1cc(Cc2cnc(C3CC3)nc2)c(=O)nc1SCc1ccc(F)cc1)N1CCN(c2ccc(Cl)cc2)CC1. The van der Waals surface area contributed by atoms with E-state index in [2.05, 4.69) is 19.9 Å². The molecule has 0 N–H and O–H groups in total. The van der Waals surface area contributed by atoms with Gasteiger partial charge in [-0.05, 0) is 60.4 Å². The Morgan fingerprint density at radius 3 is 2.31 bits per heavy atom. The summed E-state index contributed by atoms with van der Waals surface area (Å²) in [5.74, 6) is 1.44. The lowest BCUT2D eigenvalue weighted by Crippen LogP contribution is -2.49. The predicted molar refractivity (Wildman–Crippen MR) is 162 cm³/mol. The molecule has 6 rings (SSSR count). The van der Waals surface area contributed by atoms with E-state index < -0.39 is 0 Å². The molecule has 0 radical (unpaired) electrons. The molecule has 0 spiro atoms. The zero-order valence-corrected chi connectivity index (χ0v) is 24.5. The molecule has 3 heterocycles. The molecule has 4 aromatic rings. The minimum absolute atomic E-state index is 0.0390. The summed E-state index contributed by atoms with van der Waals surface area (Å²) in [6.07, 6.45) is 7.84. The van der Waals surface area contributed by atoms with E-state index in [0.717, 1.165) is 35.5 Å². The summed E-state index contributed by atoms with van der Waals surface area (Å²) in [7, 11) is 0.